The normalized spacial score (nSPS) is 11.6. The van der Waals surface area contributed by atoms with Crippen molar-refractivity contribution >= 4 is 23.2 Å². The van der Waals surface area contributed by atoms with E-state index < -0.39 is 0 Å². The van der Waals surface area contributed by atoms with Crippen LogP contribution < -0.4 is 24.4 Å². The second-order valence-corrected chi connectivity index (χ2v) is 6.29. The Balaban J connectivity index is 1.96. The van der Waals surface area contributed by atoms with Crippen molar-refractivity contribution in [1.82, 2.24) is 0 Å². The van der Waals surface area contributed by atoms with Gasteiger partial charge in [0.15, 0.2) is 6.54 Å². The number of hydrogen-bond donors (Lipinski definition) is 2. The van der Waals surface area contributed by atoms with Crippen LogP contribution >= 0.6 is 11.6 Å². The fraction of sp³-hybridized carbons (Fsp3) is 0.316. The van der Waals surface area contributed by atoms with Crippen molar-refractivity contribution in [3.8, 4) is 17.2 Å². The minimum Gasteiger partial charge on any atom is -0.497 e. The number of quaternary nitrogens is 1. The second-order valence-electron chi connectivity index (χ2n) is 5.89. The van der Waals surface area contributed by atoms with Gasteiger partial charge in [-0.05, 0) is 30.3 Å². The molecule has 0 saturated carbocycles. The highest BCUT2D eigenvalue weighted by Gasteiger charge is 2.15. The van der Waals surface area contributed by atoms with Crippen LogP contribution in [0.4, 0.5) is 5.69 Å². The average Bonchev–Trinajstić information content (AvgIpc) is 2.62. The lowest BCUT2D eigenvalue weighted by molar-refractivity contribution is -0.885. The van der Waals surface area contributed by atoms with Gasteiger partial charge in [0.25, 0.3) is 5.91 Å². The van der Waals surface area contributed by atoms with Crippen molar-refractivity contribution in [3.63, 3.8) is 0 Å². The molecule has 0 aliphatic carbocycles. The number of likely N-dealkylation sites (N-methyl/N-ethyl adjacent to an activating group) is 1. The standard InChI is InChI=1S/C19H23ClN2O4/c1-22(11-13-5-7-15(24-2)10-18(13)26-4)12-19(23)21-14-6-8-17(25-3)16(20)9-14/h5-10H,11-12H2,1-4H3,(H,21,23)/p+1. The van der Waals surface area contributed by atoms with Crippen LogP contribution in [-0.2, 0) is 11.3 Å². The van der Waals surface area contributed by atoms with Gasteiger partial charge in [0, 0.05) is 17.3 Å². The lowest BCUT2D eigenvalue weighted by Gasteiger charge is -2.16. The molecule has 0 aliphatic heterocycles. The molecule has 7 heteroatoms. The molecule has 0 heterocycles. The minimum absolute atomic E-state index is 0.101. The molecule has 0 fully saturated rings. The number of nitrogens with one attached hydrogen (secondary N) is 2. The highest BCUT2D eigenvalue weighted by Crippen LogP contribution is 2.27. The molecule has 1 atom stereocenters. The molecule has 140 valence electrons. The zero-order chi connectivity index (χ0) is 19.1. The van der Waals surface area contributed by atoms with Gasteiger partial charge in [0.05, 0.1) is 33.4 Å². The molecule has 1 unspecified atom stereocenters. The SMILES string of the molecule is COc1ccc(C[NH+](C)CC(=O)Nc2ccc(OC)c(Cl)c2)c(OC)c1. The van der Waals surface area contributed by atoms with Gasteiger partial charge in [-0.1, -0.05) is 11.6 Å². The summed E-state index contributed by atoms with van der Waals surface area (Å²) in [7, 11) is 6.73. The molecule has 2 N–H and O–H groups in total. The Bertz CT molecular complexity index is 767. The fourth-order valence-corrected chi connectivity index (χ4v) is 2.87. The molecule has 2 aromatic carbocycles. The van der Waals surface area contributed by atoms with Crippen LogP contribution in [-0.4, -0.2) is 40.8 Å². The molecule has 1 amide bonds. The smallest absolute Gasteiger partial charge is 0.279 e. The third kappa shape index (κ3) is 5.28. The number of rotatable bonds is 8. The van der Waals surface area contributed by atoms with E-state index in [1.807, 2.05) is 25.2 Å². The number of benzene rings is 2. The number of halogens is 1. The zero-order valence-corrected chi connectivity index (χ0v) is 16.1. The Labute approximate surface area is 158 Å². The highest BCUT2D eigenvalue weighted by molar-refractivity contribution is 6.32. The Morgan fingerprint density at radius 3 is 2.38 bits per heavy atom. The number of hydrogen-bond acceptors (Lipinski definition) is 4. The van der Waals surface area contributed by atoms with Crippen LogP contribution in [0.5, 0.6) is 17.2 Å². The predicted octanol–water partition coefficient (Wildman–Crippen LogP) is 2.02. The van der Waals surface area contributed by atoms with E-state index in [1.54, 1.807) is 39.5 Å². The first kappa shape index (κ1) is 19.9. The molecule has 6 nitrogen and oxygen atoms in total. The predicted molar refractivity (Wildman–Crippen MR) is 102 cm³/mol. The Kier molecular flexibility index (Phi) is 7.12. The maximum atomic E-state index is 12.3. The first-order valence-electron chi connectivity index (χ1n) is 8.12. The average molecular weight is 380 g/mol. The maximum absolute atomic E-state index is 12.3. The molecule has 0 spiro atoms. The molecule has 0 radical (unpaired) electrons. The Morgan fingerprint density at radius 2 is 1.77 bits per heavy atom. The number of amides is 1. The van der Waals surface area contributed by atoms with Crippen molar-refractivity contribution < 1.29 is 23.9 Å². The molecule has 0 aliphatic rings. The molecule has 0 bridgehead atoms. The van der Waals surface area contributed by atoms with Crippen LogP contribution in [0.1, 0.15) is 5.56 Å². The van der Waals surface area contributed by atoms with Crippen molar-refractivity contribution in [3.05, 3.63) is 47.0 Å². The van der Waals surface area contributed by atoms with E-state index in [2.05, 4.69) is 5.32 Å². The van der Waals surface area contributed by atoms with E-state index in [0.717, 1.165) is 22.0 Å². The first-order valence-corrected chi connectivity index (χ1v) is 8.50. The van der Waals surface area contributed by atoms with Gasteiger partial charge in [-0.3, -0.25) is 4.79 Å². The lowest BCUT2D eigenvalue weighted by Crippen LogP contribution is -3.08. The maximum Gasteiger partial charge on any atom is 0.279 e. The summed E-state index contributed by atoms with van der Waals surface area (Å²) in [4.78, 5) is 13.3. The van der Waals surface area contributed by atoms with Crippen molar-refractivity contribution in [1.29, 1.82) is 0 Å². The molecular weight excluding hydrogens is 356 g/mol. The number of methoxy groups -OCH3 is 3. The van der Waals surface area contributed by atoms with E-state index >= 15 is 0 Å². The minimum atomic E-state index is -0.101. The summed E-state index contributed by atoms with van der Waals surface area (Å²) in [5.41, 5.74) is 1.64. The van der Waals surface area contributed by atoms with E-state index in [4.69, 9.17) is 25.8 Å². The van der Waals surface area contributed by atoms with Crippen molar-refractivity contribution in [2.45, 2.75) is 6.54 Å². The summed E-state index contributed by atoms with van der Waals surface area (Å²) in [6.45, 7) is 0.947. The van der Waals surface area contributed by atoms with Crippen LogP contribution in [0.25, 0.3) is 0 Å². The van der Waals surface area contributed by atoms with Crippen LogP contribution in [0.15, 0.2) is 36.4 Å². The third-order valence-corrected chi connectivity index (χ3v) is 4.18. The number of ether oxygens (including phenoxy) is 3. The summed E-state index contributed by atoms with van der Waals surface area (Å²) < 4.78 is 15.7. The second kappa shape index (κ2) is 9.31. The Hall–Kier alpha value is -2.44. The highest BCUT2D eigenvalue weighted by atomic mass is 35.5. The zero-order valence-electron chi connectivity index (χ0n) is 15.4. The summed E-state index contributed by atoms with van der Waals surface area (Å²) in [5.74, 6) is 1.94. The molecule has 0 aromatic heterocycles. The molecule has 0 saturated heterocycles. The van der Waals surface area contributed by atoms with Gasteiger partial charge in [-0.15, -0.1) is 0 Å². The lowest BCUT2D eigenvalue weighted by atomic mass is 10.2. The summed E-state index contributed by atoms with van der Waals surface area (Å²) in [6.07, 6.45) is 0. The largest absolute Gasteiger partial charge is 0.497 e. The van der Waals surface area contributed by atoms with Crippen LogP contribution in [0.3, 0.4) is 0 Å². The van der Waals surface area contributed by atoms with E-state index in [1.165, 1.54) is 0 Å². The molecule has 2 rings (SSSR count). The van der Waals surface area contributed by atoms with E-state index in [-0.39, 0.29) is 5.91 Å². The molecular formula is C19H24ClN2O4+. The molecule has 2 aromatic rings. The summed E-state index contributed by atoms with van der Waals surface area (Å²) >= 11 is 6.08. The number of carbonyl (C=O) groups excluding carboxylic acids is 1. The molecule has 26 heavy (non-hydrogen) atoms. The summed E-state index contributed by atoms with van der Waals surface area (Å²) in [5, 5.41) is 3.30. The van der Waals surface area contributed by atoms with Crippen molar-refractivity contribution in [2.24, 2.45) is 0 Å². The quantitative estimate of drug-likeness (QED) is 0.736. The van der Waals surface area contributed by atoms with Crippen LogP contribution in [0.2, 0.25) is 5.02 Å². The number of anilines is 1. The van der Waals surface area contributed by atoms with Gasteiger partial charge in [-0.2, -0.15) is 0 Å². The fourth-order valence-electron chi connectivity index (χ4n) is 2.61. The van der Waals surface area contributed by atoms with Gasteiger partial charge >= 0.3 is 0 Å². The van der Waals surface area contributed by atoms with Gasteiger partial charge in [0.2, 0.25) is 0 Å². The third-order valence-electron chi connectivity index (χ3n) is 3.88. The van der Waals surface area contributed by atoms with Gasteiger partial charge in [0.1, 0.15) is 23.8 Å². The van der Waals surface area contributed by atoms with Gasteiger partial charge < -0.3 is 24.4 Å². The van der Waals surface area contributed by atoms with E-state index in [0.29, 0.717) is 29.5 Å². The van der Waals surface area contributed by atoms with Crippen molar-refractivity contribution in [2.75, 3.05) is 40.2 Å². The Morgan fingerprint density at radius 1 is 1.04 bits per heavy atom. The van der Waals surface area contributed by atoms with E-state index in [9.17, 15) is 4.79 Å². The first-order chi connectivity index (χ1) is 12.5. The van der Waals surface area contributed by atoms with Gasteiger partial charge in [-0.25, -0.2) is 0 Å². The number of carbonyl (C=O) groups is 1. The van der Waals surface area contributed by atoms with Crippen LogP contribution in [0, 0.1) is 0 Å². The topological polar surface area (TPSA) is 61.2 Å². The summed E-state index contributed by atoms with van der Waals surface area (Å²) in [6, 6.07) is 10.8. The monoisotopic (exact) mass is 379 g/mol.